The number of anilines is 1. The Morgan fingerprint density at radius 1 is 1.19 bits per heavy atom. The third-order valence-corrected chi connectivity index (χ3v) is 4.46. The van der Waals surface area contributed by atoms with Crippen LogP contribution in [-0.2, 0) is 6.54 Å². The zero-order valence-electron chi connectivity index (χ0n) is 15.3. The normalized spacial score (nSPS) is 12.0. The summed E-state index contributed by atoms with van der Waals surface area (Å²) >= 11 is 0. The first kappa shape index (κ1) is 18.5. The van der Waals surface area contributed by atoms with Gasteiger partial charge in [0.05, 0.1) is 5.69 Å². The molecule has 27 heavy (non-hydrogen) atoms. The van der Waals surface area contributed by atoms with E-state index < -0.39 is 0 Å². The summed E-state index contributed by atoms with van der Waals surface area (Å²) in [7, 11) is 2.02. The van der Waals surface area contributed by atoms with Crippen molar-refractivity contribution in [3.05, 3.63) is 94.2 Å². The van der Waals surface area contributed by atoms with Crippen molar-refractivity contribution in [3.63, 3.8) is 0 Å². The van der Waals surface area contributed by atoms with Crippen LogP contribution in [0, 0.1) is 0 Å². The Morgan fingerprint density at radius 3 is 2.78 bits per heavy atom. The summed E-state index contributed by atoms with van der Waals surface area (Å²) in [6.07, 6.45) is 3.31. The maximum absolute atomic E-state index is 12.5. The van der Waals surface area contributed by atoms with Crippen LogP contribution in [0.5, 0.6) is 0 Å². The molecule has 0 bridgehead atoms. The fraction of sp³-hybridized carbons (Fsp3) is 0.190. The van der Waals surface area contributed by atoms with Crippen molar-refractivity contribution >= 4 is 11.6 Å². The molecule has 1 aromatic carbocycles. The van der Waals surface area contributed by atoms with E-state index in [4.69, 9.17) is 0 Å². The van der Waals surface area contributed by atoms with Gasteiger partial charge in [-0.05, 0) is 55.9 Å². The molecule has 0 unspecified atom stereocenters. The van der Waals surface area contributed by atoms with E-state index in [1.807, 2.05) is 43.4 Å². The molecule has 1 atom stereocenters. The predicted octanol–water partition coefficient (Wildman–Crippen LogP) is 3.22. The van der Waals surface area contributed by atoms with Gasteiger partial charge in [0.2, 0.25) is 0 Å². The Hall–Kier alpha value is -3.25. The lowest BCUT2D eigenvalue weighted by Gasteiger charge is -2.24. The average molecular weight is 362 g/mol. The van der Waals surface area contributed by atoms with Gasteiger partial charge < -0.3 is 10.3 Å². The third-order valence-electron chi connectivity index (χ3n) is 4.46. The largest absolute Gasteiger partial charge is 0.327 e. The minimum atomic E-state index is -0.328. The van der Waals surface area contributed by atoms with E-state index in [0.29, 0.717) is 12.1 Å². The smallest absolute Gasteiger partial charge is 0.271 e. The summed E-state index contributed by atoms with van der Waals surface area (Å²) in [6, 6.07) is 16.7. The molecule has 138 valence electrons. The van der Waals surface area contributed by atoms with Gasteiger partial charge in [-0.2, -0.15) is 0 Å². The van der Waals surface area contributed by atoms with Gasteiger partial charge in [-0.3, -0.25) is 19.5 Å². The van der Waals surface area contributed by atoms with Crippen LogP contribution >= 0.6 is 0 Å². The van der Waals surface area contributed by atoms with Crippen molar-refractivity contribution in [2.75, 3.05) is 12.4 Å². The first-order chi connectivity index (χ1) is 13.0. The molecule has 2 heterocycles. The van der Waals surface area contributed by atoms with Gasteiger partial charge in [-0.25, -0.2) is 0 Å². The van der Waals surface area contributed by atoms with Crippen LogP contribution in [0.1, 0.15) is 34.6 Å². The summed E-state index contributed by atoms with van der Waals surface area (Å²) in [6.45, 7) is 2.77. The van der Waals surface area contributed by atoms with Gasteiger partial charge in [-0.1, -0.05) is 18.2 Å². The molecule has 2 aromatic heterocycles. The van der Waals surface area contributed by atoms with E-state index in [1.165, 1.54) is 6.20 Å². The van der Waals surface area contributed by atoms with Crippen LogP contribution in [0.3, 0.4) is 0 Å². The fourth-order valence-corrected chi connectivity index (χ4v) is 2.80. The van der Waals surface area contributed by atoms with E-state index in [-0.39, 0.29) is 23.2 Å². The first-order valence-electron chi connectivity index (χ1n) is 8.74. The molecule has 3 rings (SSSR count). The molecule has 0 spiro atoms. The van der Waals surface area contributed by atoms with Crippen molar-refractivity contribution < 1.29 is 4.79 Å². The lowest BCUT2D eigenvalue weighted by molar-refractivity contribution is 0.102. The number of benzene rings is 1. The summed E-state index contributed by atoms with van der Waals surface area (Å²) in [5.74, 6) is -0.311. The Morgan fingerprint density at radius 2 is 2.04 bits per heavy atom. The number of pyridine rings is 2. The second-order valence-electron chi connectivity index (χ2n) is 6.41. The van der Waals surface area contributed by atoms with Crippen molar-refractivity contribution in [2.45, 2.75) is 19.5 Å². The number of H-pyrrole nitrogens is 1. The highest BCUT2D eigenvalue weighted by Gasteiger charge is 2.14. The number of carbonyl (C=O) groups excluding carboxylic acids is 1. The molecule has 2 N–H and O–H groups in total. The second-order valence-corrected chi connectivity index (χ2v) is 6.41. The molecule has 1 amide bonds. The molecular weight excluding hydrogens is 340 g/mol. The molecule has 6 nitrogen and oxygen atoms in total. The van der Waals surface area contributed by atoms with Gasteiger partial charge in [0.25, 0.3) is 11.5 Å². The molecule has 3 aromatic rings. The van der Waals surface area contributed by atoms with Crippen LogP contribution in [0.25, 0.3) is 0 Å². The zero-order chi connectivity index (χ0) is 19.2. The predicted molar refractivity (Wildman–Crippen MR) is 106 cm³/mol. The van der Waals surface area contributed by atoms with Gasteiger partial charge in [0, 0.05) is 30.5 Å². The summed E-state index contributed by atoms with van der Waals surface area (Å²) < 4.78 is 0. The molecule has 6 heteroatoms. The Balaban J connectivity index is 1.71. The van der Waals surface area contributed by atoms with Crippen LogP contribution in [0.4, 0.5) is 5.69 Å². The summed E-state index contributed by atoms with van der Waals surface area (Å²) in [5.41, 5.74) is 2.42. The molecule has 0 aliphatic heterocycles. The summed E-state index contributed by atoms with van der Waals surface area (Å²) in [5, 5.41) is 2.65. The zero-order valence-corrected chi connectivity index (χ0v) is 15.3. The second kappa shape index (κ2) is 8.42. The van der Waals surface area contributed by atoms with Crippen LogP contribution in [0.2, 0.25) is 0 Å². The average Bonchev–Trinajstić information content (AvgIpc) is 2.70. The van der Waals surface area contributed by atoms with Crippen molar-refractivity contribution in [2.24, 2.45) is 0 Å². The Bertz CT molecular complexity index is 969. The molecular formula is C21H22N4O2. The minimum Gasteiger partial charge on any atom is -0.327 e. The maximum atomic E-state index is 12.5. The number of aromatic nitrogens is 2. The molecule has 0 aliphatic carbocycles. The third kappa shape index (κ3) is 4.68. The summed E-state index contributed by atoms with van der Waals surface area (Å²) in [4.78, 5) is 33.3. The number of hydrogen-bond donors (Lipinski definition) is 2. The van der Waals surface area contributed by atoms with Crippen LogP contribution in [0.15, 0.2) is 71.8 Å². The van der Waals surface area contributed by atoms with Crippen LogP contribution in [-0.4, -0.2) is 27.8 Å². The molecule has 0 aliphatic rings. The lowest BCUT2D eigenvalue weighted by Crippen LogP contribution is -2.23. The number of carbonyl (C=O) groups is 1. The van der Waals surface area contributed by atoms with E-state index >= 15 is 0 Å². The molecule has 0 saturated heterocycles. The van der Waals surface area contributed by atoms with Crippen LogP contribution < -0.4 is 10.9 Å². The highest BCUT2D eigenvalue weighted by atomic mass is 16.2. The number of nitrogens with one attached hydrogen (secondary N) is 2. The van der Waals surface area contributed by atoms with Gasteiger partial charge in [-0.15, -0.1) is 0 Å². The molecule has 0 radical (unpaired) electrons. The van der Waals surface area contributed by atoms with Gasteiger partial charge >= 0.3 is 0 Å². The van der Waals surface area contributed by atoms with Crippen molar-refractivity contribution in [3.8, 4) is 0 Å². The topological polar surface area (TPSA) is 78.1 Å². The quantitative estimate of drug-likeness (QED) is 0.706. The standard InChI is InChI=1S/C21H22N4O2/c1-15(18-9-3-4-11-22-18)25(2)14-16-7-5-8-17(13-16)20(26)24-19-10-6-12-23-21(19)27/h3-13,15H,14H2,1-2H3,(H,23,27)(H,24,26)/t15-/m1/s1. The molecule has 0 fully saturated rings. The SMILES string of the molecule is C[C@H](c1ccccn1)N(C)Cc1cccc(C(=O)Nc2ccc[nH]c2=O)c1. The Labute approximate surface area is 157 Å². The number of nitrogens with zero attached hydrogens (tertiary/aromatic N) is 2. The number of rotatable bonds is 6. The van der Waals surface area contributed by atoms with E-state index in [1.54, 1.807) is 24.4 Å². The highest BCUT2D eigenvalue weighted by molar-refractivity contribution is 6.04. The fourth-order valence-electron chi connectivity index (χ4n) is 2.80. The van der Waals surface area contributed by atoms with Gasteiger partial charge in [0.15, 0.2) is 0 Å². The first-order valence-corrected chi connectivity index (χ1v) is 8.74. The monoisotopic (exact) mass is 362 g/mol. The van der Waals surface area contributed by atoms with E-state index in [9.17, 15) is 9.59 Å². The number of hydrogen-bond acceptors (Lipinski definition) is 4. The highest BCUT2D eigenvalue weighted by Crippen LogP contribution is 2.19. The Kier molecular flexibility index (Phi) is 5.78. The number of aromatic amines is 1. The molecule has 0 saturated carbocycles. The van der Waals surface area contributed by atoms with E-state index in [2.05, 4.69) is 27.1 Å². The van der Waals surface area contributed by atoms with E-state index in [0.717, 1.165) is 11.3 Å². The van der Waals surface area contributed by atoms with Gasteiger partial charge in [0.1, 0.15) is 5.69 Å². The van der Waals surface area contributed by atoms with Crippen molar-refractivity contribution in [1.29, 1.82) is 0 Å². The van der Waals surface area contributed by atoms with Crippen molar-refractivity contribution in [1.82, 2.24) is 14.9 Å². The number of amides is 1. The lowest BCUT2D eigenvalue weighted by atomic mass is 10.1. The maximum Gasteiger partial charge on any atom is 0.271 e. The minimum absolute atomic E-state index is 0.145.